The molecule has 0 heterocycles. The van der Waals surface area contributed by atoms with Gasteiger partial charge in [-0.15, -0.1) is 0 Å². The van der Waals surface area contributed by atoms with Crippen LogP contribution in [-0.2, 0) is 0 Å². The predicted octanol–water partition coefficient (Wildman–Crippen LogP) is 2.73. The molecule has 0 atom stereocenters. The third-order valence-electron chi connectivity index (χ3n) is 1.29. The van der Waals surface area contributed by atoms with E-state index in [1.807, 2.05) is 13.1 Å². The minimum atomic E-state index is 0.853. The van der Waals surface area contributed by atoms with Crippen LogP contribution in [0, 0.1) is 3.57 Å². The van der Waals surface area contributed by atoms with Crippen LogP contribution >= 0.6 is 22.6 Å². The number of aliphatic imine (C=N–C) groups is 1. The van der Waals surface area contributed by atoms with Gasteiger partial charge in [0.15, 0.2) is 0 Å². The van der Waals surface area contributed by atoms with Crippen molar-refractivity contribution in [2.75, 3.05) is 6.54 Å². The summed E-state index contributed by atoms with van der Waals surface area (Å²) in [5.74, 6) is 0. The van der Waals surface area contributed by atoms with Gasteiger partial charge in [-0.2, -0.15) is 0 Å². The lowest BCUT2D eigenvalue weighted by Crippen LogP contribution is -1.81. The van der Waals surface area contributed by atoms with Crippen molar-refractivity contribution in [1.82, 2.24) is 0 Å². The van der Waals surface area contributed by atoms with Crippen LogP contribution in [0.3, 0.4) is 0 Å². The van der Waals surface area contributed by atoms with E-state index in [4.69, 9.17) is 0 Å². The molecule has 0 saturated heterocycles. The van der Waals surface area contributed by atoms with Crippen molar-refractivity contribution in [2.24, 2.45) is 4.99 Å². The fourth-order valence-corrected chi connectivity index (χ4v) is 1.11. The van der Waals surface area contributed by atoms with E-state index in [1.165, 1.54) is 9.13 Å². The SMILES string of the molecule is CCN=Cc1ccc(I)cc1. The van der Waals surface area contributed by atoms with Crippen molar-refractivity contribution in [2.45, 2.75) is 6.92 Å². The van der Waals surface area contributed by atoms with Gasteiger partial charge >= 0.3 is 0 Å². The molecule has 0 amide bonds. The first kappa shape index (κ1) is 8.71. The molecule has 1 nitrogen and oxygen atoms in total. The molecule has 0 saturated carbocycles. The van der Waals surface area contributed by atoms with Crippen LogP contribution in [0.25, 0.3) is 0 Å². The summed E-state index contributed by atoms with van der Waals surface area (Å²) in [7, 11) is 0. The van der Waals surface area contributed by atoms with Crippen LogP contribution in [0.2, 0.25) is 0 Å². The summed E-state index contributed by atoms with van der Waals surface area (Å²) in [4.78, 5) is 4.14. The monoisotopic (exact) mass is 259 g/mol. The van der Waals surface area contributed by atoms with Gasteiger partial charge < -0.3 is 0 Å². The summed E-state index contributed by atoms with van der Waals surface area (Å²) < 4.78 is 1.26. The molecule has 0 aliphatic heterocycles. The normalized spacial score (nSPS) is 10.7. The van der Waals surface area contributed by atoms with Crippen molar-refractivity contribution < 1.29 is 0 Å². The Morgan fingerprint density at radius 2 is 2.00 bits per heavy atom. The minimum Gasteiger partial charge on any atom is -0.293 e. The third-order valence-corrected chi connectivity index (χ3v) is 2.01. The molecule has 2 heteroatoms. The fourth-order valence-electron chi connectivity index (χ4n) is 0.746. The summed E-state index contributed by atoms with van der Waals surface area (Å²) >= 11 is 2.29. The van der Waals surface area contributed by atoms with E-state index in [0.29, 0.717) is 0 Å². The van der Waals surface area contributed by atoms with Crippen molar-refractivity contribution >= 4 is 28.8 Å². The molecule has 0 aliphatic carbocycles. The molecule has 0 aliphatic rings. The first-order chi connectivity index (χ1) is 5.33. The van der Waals surface area contributed by atoms with Gasteiger partial charge in [0.25, 0.3) is 0 Å². The summed E-state index contributed by atoms with van der Waals surface area (Å²) in [6.45, 7) is 2.88. The highest BCUT2D eigenvalue weighted by Crippen LogP contribution is 2.04. The van der Waals surface area contributed by atoms with E-state index in [1.54, 1.807) is 0 Å². The lowest BCUT2D eigenvalue weighted by Gasteiger charge is -1.91. The number of hydrogen-bond acceptors (Lipinski definition) is 1. The van der Waals surface area contributed by atoms with Gasteiger partial charge in [-0.05, 0) is 47.2 Å². The summed E-state index contributed by atoms with van der Waals surface area (Å²) in [6.07, 6.45) is 1.90. The maximum absolute atomic E-state index is 4.14. The molecule has 0 bridgehead atoms. The Morgan fingerprint density at radius 1 is 1.36 bits per heavy atom. The Labute approximate surface area is 80.7 Å². The maximum atomic E-state index is 4.14. The summed E-state index contributed by atoms with van der Waals surface area (Å²) in [5, 5.41) is 0. The molecule has 1 rings (SSSR count). The highest BCUT2D eigenvalue weighted by Gasteiger charge is 1.85. The van der Waals surface area contributed by atoms with Gasteiger partial charge in [-0.3, -0.25) is 4.99 Å². The zero-order chi connectivity index (χ0) is 8.10. The molecular weight excluding hydrogens is 249 g/mol. The second-order valence-electron chi connectivity index (χ2n) is 2.18. The zero-order valence-corrected chi connectivity index (χ0v) is 8.58. The molecule has 0 radical (unpaired) electrons. The van der Waals surface area contributed by atoms with Gasteiger partial charge in [0.2, 0.25) is 0 Å². The van der Waals surface area contributed by atoms with E-state index < -0.39 is 0 Å². The summed E-state index contributed by atoms with van der Waals surface area (Å²) in [5.41, 5.74) is 1.17. The molecule has 0 spiro atoms. The van der Waals surface area contributed by atoms with Crippen LogP contribution < -0.4 is 0 Å². The number of rotatable bonds is 2. The molecule has 1 aromatic carbocycles. The molecule has 58 valence electrons. The molecule has 0 aromatic heterocycles. The van der Waals surface area contributed by atoms with Gasteiger partial charge in [0.1, 0.15) is 0 Å². The Hall–Kier alpha value is -0.380. The Bertz CT molecular complexity index is 238. The van der Waals surface area contributed by atoms with Crippen LogP contribution in [0.1, 0.15) is 12.5 Å². The topological polar surface area (TPSA) is 12.4 Å². The number of halogens is 1. The second kappa shape index (κ2) is 4.49. The quantitative estimate of drug-likeness (QED) is 0.572. The van der Waals surface area contributed by atoms with E-state index >= 15 is 0 Å². The highest BCUT2D eigenvalue weighted by molar-refractivity contribution is 14.1. The van der Waals surface area contributed by atoms with Gasteiger partial charge in [0, 0.05) is 16.3 Å². The Balaban J connectivity index is 2.73. The largest absolute Gasteiger partial charge is 0.293 e. The molecular formula is C9H10IN. The van der Waals surface area contributed by atoms with Crippen molar-refractivity contribution in [3.8, 4) is 0 Å². The zero-order valence-electron chi connectivity index (χ0n) is 6.42. The van der Waals surface area contributed by atoms with Crippen molar-refractivity contribution in [3.63, 3.8) is 0 Å². The van der Waals surface area contributed by atoms with Crippen LogP contribution in [0.15, 0.2) is 29.3 Å². The van der Waals surface area contributed by atoms with Crippen molar-refractivity contribution in [3.05, 3.63) is 33.4 Å². The van der Waals surface area contributed by atoms with E-state index in [9.17, 15) is 0 Å². The summed E-state index contributed by atoms with van der Waals surface area (Å²) in [6, 6.07) is 8.30. The average Bonchev–Trinajstić information content (AvgIpc) is 2.04. The predicted molar refractivity (Wildman–Crippen MR) is 57.3 cm³/mol. The van der Waals surface area contributed by atoms with Crippen LogP contribution in [0.4, 0.5) is 0 Å². The number of nitrogens with zero attached hydrogens (tertiary/aromatic N) is 1. The van der Waals surface area contributed by atoms with Crippen molar-refractivity contribution in [1.29, 1.82) is 0 Å². The lowest BCUT2D eigenvalue weighted by atomic mass is 10.2. The molecule has 0 N–H and O–H groups in total. The minimum absolute atomic E-state index is 0.853. The lowest BCUT2D eigenvalue weighted by molar-refractivity contribution is 1.14. The van der Waals surface area contributed by atoms with Gasteiger partial charge in [-0.1, -0.05) is 12.1 Å². The molecule has 11 heavy (non-hydrogen) atoms. The highest BCUT2D eigenvalue weighted by atomic mass is 127. The Morgan fingerprint density at radius 3 is 2.55 bits per heavy atom. The van der Waals surface area contributed by atoms with Crippen LogP contribution in [-0.4, -0.2) is 12.8 Å². The van der Waals surface area contributed by atoms with E-state index in [-0.39, 0.29) is 0 Å². The van der Waals surface area contributed by atoms with E-state index in [0.717, 1.165) is 6.54 Å². The first-order valence-electron chi connectivity index (χ1n) is 3.58. The number of benzene rings is 1. The van der Waals surface area contributed by atoms with Gasteiger partial charge in [0.05, 0.1) is 0 Å². The molecule has 1 aromatic rings. The Kier molecular flexibility index (Phi) is 3.56. The standard InChI is InChI=1S/C9H10IN/c1-2-11-7-8-3-5-9(10)6-4-8/h3-7H,2H2,1H3. The maximum Gasteiger partial charge on any atom is 0.0361 e. The fraction of sp³-hybridized carbons (Fsp3) is 0.222. The average molecular weight is 259 g/mol. The second-order valence-corrected chi connectivity index (χ2v) is 3.43. The first-order valence-corrected chi connectivity index (χ1v) is 4.66. The molecule has 0 unspecified atom stereocenters. The van der Waals surface area contributed by atoms with Gasteiger partial charge in [-0.25, -0.2) is 0 Å². The third kappa shape index (κ3) is 3.01. The molecule has 0 fully saturated rings. The van der Waals surface area contributed by atoms with E-state index in [2.05, 4.69) is 51.8 Å². The van der Waals surface area contributed by atoms with Crippen LogP contribution in [0.5, 0.6) is 0 Å². The number of hydrogen-bond donors (Lipinski definition) is 0. The smallest absolute Gasteiger partial charge is 0.0361 e.